The maximum Gasteiger partial charge on any atom is 0.266 e. The fourth-order valence-electron chi connectivity index (χ4n) is 4.14. The standard InChI is InChI=1S/C25H30N4O3S/c1-17-6-5-7-22(18(17)2)29-24(31)20-9-8-19(16-21(20)27-25(29)33)23(30)26-10-3-4-11-28-12-14-32-15-13-28/h5-9,16H,3-4,10-15H2,1-2H3,(H,26,30)(H,27,33). The first-order chi connectivity index (χ1) is 16.0. The second kappa shape index (κ2) is 10.4. The predicted octanol–water partition coefficient (Wildman–Crippen LogP) is 3.51. The number of benzene rings is 2. The van der Waals surface area contributed by atoms with Gasteiger partial charge in [-0.25, -0.2) is 0 Å². The van der Waals surface area contributed by atoms with E-state index in [1.54, 1.807) is 18.2 Å². The maximum atomic E-state index is 13.2. The number of hydrogen-bond donors (Lipinski definition) is 2. The maximum absolute atomic E-state index is 13.2. The Morgan fingerprint density at radius 1 is 1.15 bits per heavy atom. The van der Waals surface area contributed by atoms with Gasteiger partial charge in [0.05, 0.1) is 29.8 Å². The molecule has 1 aliphatic rings. The van der Waals surface area contributed by atoms with Crippen molar-refractivity contribution < 1.29 is 9.53 Å². The molecule has 0 radical (unpaired) electrons. The Balaban J connectivity index is 1.46. The number of nitrogens with zero attached hydrogens (tertiary/aromatic N) is 2. The average Bonchev–Trinajstić information content (AvgIpc) is 2.81. The van der Waals surface area contributed by atoms with Crippen LogP contribution in [0.3, 0.4) is 0 Å². The van der Waals surface area contributed by atoms with Crippen LogP contribution in [0.2, 0.25) is 0 Å². The van der Waals surface area contributed by atoms with Gasteiger partial charge in [0.15, 0.2) is 4.77 Å². The van der Waals surface area contributed by atoms with Gasteiger partial charge in [-0.15, -0.1) is 0 Å². The summed E-state index contributed by atoms with van der Waals surface area (Å²) in [5, 5.41) is 3.47. The molecule has 1 aliphatic heterocycles. The van der Waals surface area contributed by atoms with E-state index in [1.165, 1.54) is 4.57 Å². The number of hydrogen-bond acceptors (Lipinski definition) is 5. The van der Waals surface area contributed by atoms with E-state index in [0.717, 1.165) is 62.5 Å². The number of unbranched alkanes of at least 4 members (excludes halogenated alkanes) is 1. The summed E-state index contributed by atoms with van der Waals surface area (Å²) in [7, 11) is 0. The number of aromatic nitrogens is 2. The lowest BCUT2D eigenvalue weighted by molar-refractivity contribution is 0.0372. The van der Waals surface area contributed by atoms with Gasteiger partial charge in [-0.2, -0.15) is 0 Å². The quantitative estimate of drug-likeness (QED) is 0.412. The summed E-state index contributed by atoms with van der Waals surface area (Å²) in [6, 6.07) is 10.9. The third-order valence-electron chi connectivity index (χ3n) is 6.27. The molecule has 1 amide bonds. The molecular formula is C25H30N4O3S. The topological polar surface area (TPSA) is 79.4 Å². The second-order valence-corrected chi connectivity index (χ2v) is 8.85. The zero-order chi connectivity index (χ0) is 23.4. The lowest BCUT2D eigenvalue weighted by atomic mass is 10.1. The number of carbonyl (C=O) groups is 1. The zero-order valence-corrected chi connectivity index (χ0v) is 20.0. The van der Waals surface area contributed by atoms with Crippen molar-refractivity contribution in [2.24, 2.45) is 0 Å². The zero-order valence-electron chi connectivity index (χ0n) is 19.1. The van der Waals surface area contributed by atoms with Crippen LogP contribution in [0.15, 0.2) is 41.2 Å². The van der Waals surface area contributed by atoms with Gasteiger partial charge >= 0.3 is 0 Å². The first-order valence-corrected chi connectivity index (χ1v) is 11.8. The highest BCUT2D eigenvalue weighted by Crippen LogP contribution is 2.18. The van der Waals surface area contributed by atoms with Crippen molar-refractivity contribution >= 4 is 29.0 Å². The summed E-state index contributed by atoms with van der Waals surface area (Å²) >= 11 is 5.51. The van der Waals surface area contributed by atoms with E-state index in [4.69, 9.17) is 17.0 Å². The van der Waals surface area contributed by atoms with E-state index >= 15 is 0 Å². The van der Waals surface area contributed by atoms with E-state index < -0.39 is 0 Å². The van der Waals surface area contributed by atoms with E-state index in [0.29, 0.717) is 27.8 Å². The number of aromatic amines is 1. The van der Waals surface area contributed by atoms with Crippen LogP contribution in [0.5, 0.6) is 0 Å². The Kier molecular flexibility index (Phi) is 7.37. The van der Waals surface area contributed by atoms with Crippen molar-refractivity contribution in [3.63, 3.8) is 0 Å². The molecule has 0 saturated carbocycles. The van der Waals surface area contributed by atoms with Gasteiger partial charge in [-0.3, -0.25) is 19.1 Å². The van der Waals surface area contributed by atoms with Gasteiger partial charge in [0.25, 0.3) is 11.5 Å². The van der Waals surface area contributed by atoms with Crippen LogP contribution in [0.25, 0.3) is 16.6 Å². The summed E-state index contributed by atoms with van der Waals surface area (Å²) in [5.74, 6) is -0.152. The normalized spacial score (nSPS) is 14.5. The number of aryl methyl sites for hydroxylation is 1. The summed E-state index contributed by atoms with van der Waals surface area (Å²) in [5.41, 5.74) is 3.73. The Hall–Kier alpha value is -2.81. The SMILES string of the molecule is Cc1cccc(-n2c(=S)[nH]c3cc(C(=O)NCCCCN4CCOCC4)ccc3c2=O)c1C. The minimum atomic E-state index is -0.197. The van der Waals surface area contributed by atoms with Gasteiger partial charge in [0.2, 0.25) is 0 Å². The van der Waals surface area contributed by atoms with Crippen LogP contribution in [-0.2, 0) is 4.74 Å². The first-order valence-electron chi connectivity index (χ1n) is 11.4. The van der Waals surface area contributed by atoms with Crippen LogP contribution in [0.1, 0.15) is 34.3 Å². The molecule has 1 aromatic heterocycles. The molecule has 2 N–H and O–H groups in total. The van der Waals surface area contributed by atoms with E-state index in [2.05, 4.69) is 15.2 Å². The molecule has 1 saturated heterocycles. The number of nitrogens with one attached hydrogen (secondary N) is 2. The number of H-pyrrole nitrogens is 1. The Morgan fingerprint density at radius 2 is 1.94 bits per heavy atom. The van der Waals surface area contributed by atoms with Crippen molar-refractivity contribution in [1.82, 2.24) is 19.8 Å². The number of morpholine rings is 1. The summed E-state index contributed by atoms with van der Waals surface area (Å²) in [4.78, 5) is 31.4. The average molecular weight is 467 g/mol. The Labute approximate surface area is 198 Å². The van der Waals surface area contributed by atoms with Gasteiger partial charge in [-0.1, -0.05) is 12.1 Å². The molecule has 4 rings (SSSR count). The molecule has 1 fully saturated rings. The van der Waals surface area contributed by atoms with E-state index in [1.807, 2.05) is 32.0 Å². The fraction of sp³-hybridized carbons (Fsp3) is 0.400. The Morgan fingerprint density at radius 3 is 2.73 bits per heavy atom. The van der Waals surface area contributed by atoms with E-state index in [-0.39, 0.29) is 11.5 Å². The molecule has 8 heteroatoms. The number of carbonyl (C=O) groups excluding carboxylic acids is 1. The molecule has 0 atom stereocenters. The molecule has 0 aliphatic carbocycles. The largest absolute Gasteiger partial charge is 0.379 e. The second-order valence-electron chi connectivity index (χ2n) is 8.47. The summed E-state index contributed by atoms with van der Waals surface area (Å²) < 4.78 is 7.19. The van der Waals surface area contributed by atoms with Crippen molar-refractivity contribution in [3.05, 3.63) is 68.2 Å². The fourth-order valence-corrected chi connectivity index (χ4v) is 4.44. The minimum Gasteiger partial charge on any atom is -0.379 e. The predicted molar refractivity (Wildman–Crippen MR) is 133 cm³/mol. The number of ether oxygens (including phenoxy) is 1. The molecule has 7 nitrogen and oxygen atoms in total. The van der Waals surface area contributed by atoms with Crippen molar-refractivity contribution in [3.8, 4) is 5.69 Å². The molecule has 0 unspecified atom stereocenters. The highest BCUT2D eigenvalue weighted by atomic mass is 32.1. The van der Waals surface area contributed by atoms with Gasteiger partial charge in [0, 0.05) is 25.2 Å². The Bertz CT molecular complexity index is 1270. The van der Waals surface area contributed by atoms with Crippen molar-refractivity contribution in [1.29, 1.82) is 0 Å². The van der Waals surface area contributed by atoms with Gasteiger partial charge in [-0.05, 0) is 80.8 Å². The number of amides is 1. The molecule has 2 heterocycles. The van der Waals surface area contributed by atoms with E-state index in [9.17, 15) is 9.59 Å². The molecule has 174 valence electrons. The summed E-state index contributed by atoms with van der Waals surface area (Å²) in [6.07, 6.45) is 1.95. The summed E-state index contributed by atoms with van der Waals surface area (Å²) in [6.45, 7) is 9.19. The van der Waals surface area contributed by atoms with Crippen LogP contribution in [0.4, 0.5) is 0 Å². The smallest absolute Gasteiger partial charge is 0.266 e. The first kappa shape index (κ1) is 23.4. The number of fused-ring (bicyclic) bond motifs is 1. The lowest BCUT2D eigenvalue weighted by Crippen LogP contribution is -2.37. The van der Waals surface area contributed by atoms with Crippen LogP contribution < -0.4 is 10.9 Å². The van der Waals surface area contributed by atoms with Crippen molar-refractivity contribution in [2.75, 3.05) is 39.4 Å². The highest BCUT2D eigenvalue weighted by Gasteiger charge is 2.13. The van der Waals surface area contributed by atoms with Crippen molar-refractivity contribution in [2.45, 2.75) is 26.7 Å². The molecule has 0 bridgehead atoms. The monoisotopic (exact) mass is 466 g/mol. The molecule has 3 aromatic rings. The molecule has 2 aromatic carbocycles. The van der Waals surface area contributed by atoms with Crippen LogP contribution in [-0.4, -0.2) is 59.8 Å². The third kappa shape index (κ3) is 5.24. The molecule has 0 spiro atoms. The minimum absolute atomic E-state index is 0.152. The lowest BCUT2D eigenvalue weighted by Gasteiger charge is -2.26. The van der Waals surface area contributed by atoms with Crippen LogP contribution in [0, 0.1) is 18.6 Å². The van der Waals surface area contributed by atoms with Gasteiger partial charge < -0.3 is 15.0 Å². The third-order valence-corrected chi connectivity index (χ3v) is 6.55. The van der Waals surface area contributed by atoms with Crippen LogP contribution >= 0.6 is 12.2 Å². The van der Waals surface area contributed by atoms with Gasteiger partial charge in [0.1, 0.15) is 0 Å². The number of rotatable bonds is 7. The molecule has 33 heavy (non-hydrogen) atoms. The highest BCUT2D eigenvalue weighted by molar-refractivity contribution is 7.71. The molecular weight excluding hydrogens is 436 g/mol.